The minimum Gasteiger partial charge on any atom is -0.476 e. The molecule has 0 spiro atoms. The first-order valence-corrected chi connectivity index (χ1v) is 12.9. The summed E-state index contributed by atoms with van der Waals surface area (Å²) < 4.78 is 19.3. The molecule has 0 amide bonds. The third kappa shape index (κ3) is 4.58. The van der Waals surface area contributed by atoms with Gasteiger partial charge in [0.1, 0.15) is 12.8 Å². The Morgan fingerprint density at radius 3 is 2.85 bits per heavy atom. The van der Waals surface area contributed by atoms with Gasteiger partial charge in [-0.1, -0.05) is 44.4 Å². The summed E-state index contributed by atoms with van der Waals surface area (Å²) in [7, 11) is 0. The Bertz CT molecular complexity index is 1100. The van der Waals surface area contributed by atoms with Crippen LogP contribution in [-0.2, 0) is 12.0 Å². The summed E-state index contributed by atoms with van der Waals surface area (Å²) in [5.41, 5.74) is 4.80. The number of H-pyrrole nitrogens is 1. The Balaban J connectivity index is 1.41. The van der Waals surface area contributed by atoms with Gasteiger partial charge in [0.2, 0.25) is 5.88 Å². The van der Waals surface area contributed by atoms with Crippen molar-refractivity contribution in [1.29, 1.82) is 0 Å². The molecule has 0 saturated carbocycles. The molecule has 5 rings (SSSR count). The fourth-order valence-electron chi connectivity index (χ4n) is 5.82. The second-order valence-corrected chi connectivity index (χ2v) is 10.1. The molecule has 3 unspecified atom stereocenters. The summed E-state index contributed by atoms with van der Waals surface area (Å²) in [5.74, 6) is 0.629. The highest BCUT2D eigenvalue weighted by Gasteiger charge is 2.42. The number of nitrogens with one attached hydrogen (secondary N) is 2. The molecule has 3 aromatic rings. The molecule has 0 bridgehead atoms. The van der Waals surface area contributed by atoms with Gasteiger partial charge in [-0.05, 0) is 49.4 Å². The molecule has 0 aliphatic carbocycles. The summed E-state index contributed by atoms with van der Waals surface area (Å²) in [6.07, 6.45) is 7.50. The average Bonchev–Trinajstić information content (AvgIpc) is 3.43. The lowest BCUT2D eigenvalue weighted by atomic mass is 9.76. The molecule has 2 aromatic heterocycles. The predicted octanol–water partition coefficient (Wildman–Crippen LogP) is 5.34. The summed E-state index contributed by atoms with van der Waals surface area (Å²) in [6.45, 7) is 7.14. The molecule has 34 heavy (non-hydrogen) atoms. The van der Waals surface area contributed by atoms with Crippen LogP contribution < -0.4 is 10.1 Å². The molecule has 2 aliphatic rings. The lowest BCUT2D eigenvalue weighted by Crippen LogP contribution is -2.52. The maximum absolute atomic E-state index is 13.4. The monoisotopic (exact) mass is 464 g/mol. The number of fused-ring (bicyclic) bond motifs is 3. The van der Waals surface area contributed by atoms with Crippen LogP contribution in [0.25, 0.3) is 10.9 Å². The van der Waals surface area contributed by atoms with E-state index in [0.29, 0.717) is 31.5 Å². The van der Waals surface area contributed by atoms with Crippen LogP contribution in [0, 0.1) is 0 Å². The van der Waals surface area contributed by atoms with E-state index in [0.717, 1.165) is 32.4 Å². The maximum Gasteiger partial charge on any atom is 0.213 e. The van der Waals surface area contributed by atoms with E-state index in [4.69, 9.17) is 4.74 Å². The van der Waals surface area contributed by atoms with Crippen LogP contribution in [0.15, 0.2) is 42.6 Å². The molecule has 2 N–H and O–H groups in total. The standard InChI is InChI=1S/C28H37FN4O/c1-3-4-7-13-28(27-24(17-20(2)32-28)23-8-5-6-9-25(23)31-27)21-10-11-26(30-18-21)34-16-15-33-14-12-22(29)19-33/h5-6,8-11,18,20,22,31-32H,3-4,7,12-17,19H2,1-2H3. The van der Waals surface area contributed by atoms with Gasteiger partial charge < -0.3 is 9.72 Å². The van der Waals surface area contributed by atoms with Gasteiger partial charge in [0.15, 0.2) is 0 Å². The fourth-order valence-corrected chi connectivity index (χ4v) is 5.82. The molecule has 5 nitrogen and oxygen atoms in total. The normalized spacial score (nSPS) is 25.0. The zero-order valence-corrected chi connectivity index (χ0v) is 20.4. The van der Waals surface area contributed by atoms with E-state index in [1.165, 1.54) is 40.6 Å². The zero-order chi connectivity index (χ0) is 23.5. The number of hydrogen-bond acceptors (Lipinski definition) is 4. The van der Waals surface area contributed by atoms with E-state index in [2.05, 4.69) is 64.4 Å². The van der Waals surface area contributed by atoms with E-state index < -0.39 is 6.17 Å². The van der Waals surface area contributed by atoms with Crippen molar-refractivity contribution in [3.63, 3.8) is 0 Å². The number of nitrogens with zero attached hydrogens (tertiary/aromatic N) is 2. The second-order valence-electron chi connectivity index (χ2n) is 10.1. The number of pyridine rings is 1. The third-order valence-corrected chi connectivity index (χ3v) is 7.50. The number of halogens is 1. The minimum absolute atomic E-state index is 0.293. The maximum atomic E-state index is 13.4. The molecule has 3 atom stereocenters. The van der Waals surface area contributed by atoms with Crippen molar-refractivity contribution in [1.82, 2.24) is 20.2 Å². The third-order valence-electron chi connectivity index (χ3n) is 7.50. The van der Waals surface area contributed by atoms with Gasteiger partial charge in [-0.15, -0.1) is 0 Å². The number of alkyl halides is 1. The zero-order valence-electron chi connectivity index (χ0n) is 20.4. The van der Waals surface area contributed by atoms with Crippen LogP contribution in [0.3, 0.4) is 0 Å². The number of hydrogen-bond donors (Lipinski definition) is 2. The first-order valence-electron chi connectivity index (χ1n) is 12.9. The van der Waals surface area contributed by atoms with E-state index in [-0.39, 0.29) is 5.54 Å². The highest BCUT2D eigenvalue weighted by molar-refractivity contribution is 5.85. The molecule has 1 fully saturated rings. The van der Waals surface area contributed by atoms with Crippen LogP contribution in [0.2, 0.25) is 0 Å². The van der Waals surface area contributed by atoms with Crippen molar-refractivity contribution in [2.24, 2.45) is 0 Å². The van der Waals surface area contributed by atoms with Crippen LogP contribution in [0.1, 0.15) is 62.8 Å². The van der Waals surface area contributed by atoms with Gasteiger partial charge in [0.25, 0.3) is 0 Å². The van der Waals surface area contributed by atoms with Crippen LogP contribution in [-0.4, -0.2) is 53.3 Å². The molecule has 1 aromatic carbocycles. The Morgan fingerprint density at radius 2 is 2.09 bits per heavy atom. The number of rotatable bonds is 9. The molecular formula is C28H37FN4O. The Labute approximate surface area is 202 Å². The Morgan fingerprint density at radius 1 is 1.21 bits per heavy atom. The Kier molecular flexibility index (Phi) is 6.89. The molecule has 6 heteroatoms. The SMILES string of the molecule is CCCCCC1(c2ccc(OCCN3CCC(F)C3)nc2)NC(C)Cc2c1[nH]c1ccccc21. The summed E-state index contributed by atoms with van der Waals surface area (Å²) >= 11 is 0. The number of benzene rings is 1. The average molecular weight is 465 g/mol. The second kappa shape index (κ2) is 10.0. The largest absolute Gasteiger partial charge is 0.476 e. The number of likely N-dealkylation sites (tertiary alicyclic amines) is 1. The molecule has 1 saturated heterocycles. The van der Waals surface area contributed by atoms with Gasteiger partial charge in [-0.25, -0.2) is 9.37 Å². The van der Waals surface area contributed by atoms with Crippen molar-refractivity contribution < 1.29 is 9.13 Å². The highest BCUT2D eigenvalue weighted by atomic mass is 19.1. The van der Waals surface area contributed by atoms with E-state index in [1.54, 1.807) is 0 Å². The van der Waals surface area contributed by atoms with Gasteiger partial charge in [-0.2, -0.15) is 0 Å². The van der Waals surface area contributed by atoms with E-state index >= 15 is 0 Å². The smallest absolute Gasteiger partial charge is 0.213 e. The molecule has 0 radical (unpaired) electrons. The van der Waals surface area contributed by atoms with E-state index in [1.807, 2.05) is 12.3 Å². The van der Waals surface area contributed by atoms with Crippen molar-refractivity contribution in [2.75, 3.05) is 26.2 Å². The first-order chi connectivity index (χ1) is 16.6. The molecule has 2 aliphatic heterocycles. The Hall–Kier alpha value is -2.44. The van der Waals surface area contributed by atoms with Crippen LogP contribution in [0.5, 0.6) is 5.88 Å². The first kappa shape index (κ1) is 23.3. The number of aromatic nitrogens is 2. The highest BCUT2D eigenvalue weighted by Crippen LogP contribution is 2.42. The predicted molar refractivity (Wildman–Crippen MR) is 135 cm³/mol. The number of aromatic amines is 1. The summed E-state index contributed by atoms with van der Waals surface area (Å²) in [6, 6.07) is 13.2. The minimum atomic E-state index is -0.693. The summed E-state index contributed by atoms with van der Waals surface area (Å²) in [4.78, 5) is 10.6. The van der Waals surface area contributed by atoms with Gasteiger partial charge in [0.05, 0.1) is 5.54 Å². The van der Waals surface area contributed by atoms with E-state index in [9.17, 15) is 4.39 Å². The summed E-state index contributed by atoms with van der Waals surface area (Å²) in [5, 5.41) is 5.30. The van der Waals surface area contributed by atoms with Crippen LogP contribution >= 0.6 is 0 Å². The van der Waals surface area contributed by atoms with Crippen molar-refractivity contribution >= 4 is 10.9 Å². The van der Waals surface area contributed by atoms with Crippen molar-refractivity contribution in [3.05, 3.63) is 59.4 Å². The topological polar surface area (TPSA) is 53.2 Å². The van der Waals surface area contributed by atoms with Gasteiger partial charge in [0, 0.05) is 54.5 Å². The van der Waals surface area contributed by atoms with Crippen molar-refractivity contribution in [3.8, 4) is 5.88 Å². The number of para-hydroxylation sites is 1. The van der Waals surface area contributed by atoms with Crippen molar-refractivity contribution in [2.45, 2.75) is 70.1 Å². The lowest BCUT2D eigenvalue weighted by molar-refractivity contribution is 0.219. The molecular weight excluding hydrogens is 427 g/mol. The molecule has 182 valence electrons. The number of unbranched alkanes of at least 4 members (excludes halogenated alkanes) is 2. The quantitative estimate of drug-likeness (QED) is 0.420. The van der Waals surface area contributed by atoms with Gasteiger partial charge >= 0.3 is 0 Å². The molecule has 4 heterocycles. The fraction of sp³-hybridized carbons (Fsp3) is 0.536. The van der Waals surface area contributed by atoms with Crippen LogP contribution in [0.4, 0.5) is 4.39 Å². The number of ether oxygens (including phenoxy) is 1. The lowest BCUT2D eigenvalue weighted by Gasteiger charge is -2.42. The van der Waals surface area contributed by atoms with Gasteiger partial charge in [-0.3, -0.25) is 10.2 Å².